The molecule has 0 unspecified atom stereocenters. The van der Waals surface area contributed by atoms with Crippen LogP contribution in [0.1, 0.15) is 58.2 Å². The van der Waals surface area contributed by atoms with Crippen LogP contribution in [0.3, 0.4) is 0 Å². The van der Waals surface area contributed by atoms with E-state index in [-0.39, 0.29) is 11.7 Å². The number of carbonyl (C=O) groups excluding carboxylic acids is 1. The van der Waals surface area contributed by atoms with Crippen molar-refractivity contribution >= 4 is 11.6 Å². The Morgan fingerprint density at radius 2 is 1.77 bits per heavy atom. The number of halogens is 1. The molecule has 0 saturated heterocycles. The van der Waals surface area contributed by atoms with Gasteiger partial charge in [0, 0.05) is 11.1 Å². The van der Waals surface area contributed by atoms with E-state index in [2.05, 4.69) is 36.4 Å². The van der Waals surface area contributed by atoms with E-state index >= 15 is 0 Å². The fourth-order valence-electron chi connectivity index (χ4n) is 3.92. The highest BCUT2D eigenvalue weighted by atomic mass is 19.1. The fourth-order valence-corrected chi connectivity index (χ4v) is 3.92. The Labute approximate surface area is 205 Å². The van der Waals surface area contributed by atoms with Crippen LogP contribution in [0.25, 0.3) is 0 Å². The van der Waals surface area contributed by atoms with Crippen molar-refractivity contribution in [3.05, 3.63) is 112 Å². The molecule has 0 spiro atoms. The van der Waals surface area contributed by atoms with Gasteiger partial charge in [-0.05, 0) is 61.2 Å². The summed E-state index contributed by atoms with van der Waals surface area (Å²) in [6, 6.07) is 22.1. The number of benzene rings is 3. The highest BCUT2D eigenvalue weighted by Gasteiger charge is 2.16. The van der Waals surface area contributed by atoms with Crippen molar-refractivity contribution in [1.29, 1.82) is 0 Å². The number of ether oxygens (including phenoxy) is 1. The van der Waals surface area contributed by atoms with E-state index in [1.807, 2.05) is 44.2 Å². The average molecular weight is 472 g/mol. The Morgan fingerprint density at radius 1 is 1.03 bits per heavy atom. The van der Waals surface area contributed by atoms with E-state index in [4.69, 9.17) is 4.74 Å². The maximum absolute atomic E-state index is 14.1. The van der Waals surface area contributed by atoms with Crippen molar-refractivity contribution in [1.82, 2.24) is 9.78 Å². The average Bonchev–Trinajstić information content (AvgIpc) is 3.12. The molecule has 35 heavy (non-hydrogen) atoms. The predicted molar refractivity (Wildman–Crippen MR) is 136 cm³/mol. The number of nitrogens with one attached hydrogen (secondary N) is 1. The molecule has 1 amide bonds. The number of hydrogen-bond acceptors (Lipinski definition) is 3. The van der Waals surface area contributed by atoms with E-state index in [0.717, 1.165) is 17.0 Å². The number of hydrogen-bond donors (Lipinski definition) is 1. The van der Waals surface area contributed by atoms with Gasteiger partial charge in [0.15, 0.2) is 0 Å². The lowest BCUT2D eigenvalue weighted by Crippen LogP contribution is -2.14. The molecule has 0 aliphatic heterocycles. The first-order valence-electron chi connectivity index (χ1n) is 11.7. The van der Waals surface area contributed by atoms with Gasteiger partial charge in [-0.15, -0.1) is 0 Å². The first-order chi connectivity index (χ1) is 16.8. The molecule has 0 radical (unpaired) electrons. The molecule has 180 valence electrons. The third-order valence-electron chi connectivity index (χ3n) is 6.04. The van der Waals surface area contributed by atoms with E-state index in [1.54, 1.807) is 28.9 Å². The second kappa shape index (κ2) is 10.6. The first kappa shape index (κ1) is 24.2. The Bertz CT molecular complexity index is 1330. The summed E-state index contributed by atoms with van der Waals surface area (Å²) in [7, 11) is 0. The van der Waals surface area contributed by atoms with Crippen LogP contribution in [0.2, 0.25) is 0 Å². The molecule has 0 saturated carbocycles. The zero-order valence-electron chi connectivity index (χ0n) is 20.5. The summed E-state index contributed by atoms with van der Waals surface area (Å²) in [5.74, 6) is 0.751. The maximum atomic E-state index is 14.1. The number of carbonyl (C=O) groups is 1. The predicted octanol–water partition coefficient (Wildman–Crippen LogP) is 6.64. The van der Waals surface area contributed by atoms with Gasteiger partial charge in [0.1, 0.15) is 18.2 Å². The standard InChI is InChI=1S/C29H30FN3O2/c1-19(2)23-12-14-26(15-13-23)35-18-22-8-7-10-24(16-22)29(34)31-28-20(3)32-33(21(28)4)17-25-9-5-6-11-27(25)30/h5-16,19H,17-18H2,1-4H3,(H,31,34). The molecule has 0 fully saturated rings. The Balaban J connectivity index is 1.43. The molecular weight excluding hydrogens is 441 g/mol. The minimum atomic E-state index is -0.277. The molecule has 1 aromatic heterocycles. The van der Waals surface area contributed by atoms with Crippen molar-refractivity contribution in [3.63, 3.8) is 0 Å². The van der Waals surface area contributed by atoms with Crippen molar-refractivity contribution in [2.24, 2.45) is 0 Å². The summed E-state index contributed by atoms with van der Waals surface area (Å²) in [5, 5.41) is 7.48. The summed E-state index contributed by atoms with van der Waals surface area (Å²) in [4.78, 5) is 13.0. The van der Waals surface area contributed by atoms with Gasteiger partial charge in [-0.25, -0.2) is 4.39 Å². The number of aromatic nitrogens is 2. The van der Waals surface area contributed by atoms with Crippen LogP contribution < -0.4 is 10.1 Å². The third-order valence-corrected chi connectivity index (χ3v) is 6.04. The second-order valence-electron chi connectivity index (χ2n) is 8.96. The third kappa shape index (κ3) is 5.77. The van der Waals surface area contributed by atoms with Crippen LogP contribution in [-0.2, 0) is 13.2 Å². The Hall–Kier alpha value is -3.93. The highest BCUT2D eigenvalue weighted by Crippen LogP contribution is 2.23. The lowest BCUT2D eigenvalue weighted by atomic mass is 10.0. The van der Waals surface area contributed by atoms with Gasteiger partial charge in [-0.2, -0.15) is 5.10 Å². The second-order valence-corrected chi connectivity index (χ2v) is 8.96. The number of rotatable bonds is 8. The van der Waals surface area contributed by atoms with Gasteiger partial charge in [0.25, 0.3) is 5.91 Å². The van der Waals surface area contributed by atoms with Crippen LogP contribution in [-0.4, -0.2) is 15.7 Å². The summed E-state index contributed by atoms with van der Waals surface area (Å²) in [6.07, 6.45) is 0. The molecule has 4 rings (SSSR count). The SMILES string of the molecule is Cc1nn(Cc2ccccc2F)c(C)c1NC(=O)c1cccc(COc2ccc(C(C)C)cc2)c1. The molecule has 3 aromatic carbocycles. The van der Waals surface area contributed by atoms with Crippen molar-refractivity contribution in [3.8, 4) is 5.75 Å². The quantitative estimate of drug-likeness (QED) is 0.313. The summed E-state index contributed by atoms with van der Waals surface area (Å²) >= 11 is 0. The monoisotopic (exact) mass is 471 g/mol. The van der Waals surface area contributed by atoms with E-state index in [9.17, 15) is 9.18 Å². The van der Waals surface area contributed by atoms with E-state index < -0.39 is 0 Å². The highest BCUT2D eigenvalue weighted by molar-refractivity contribution is 6.05. The first-order valence-corrected chi connectivity index (χ1v) is 11.7. The lowest BCUT2D eigenvalue weighted by molar-refractivity contribution is 0.102. The van der Waals surface area contributed by atoms with Crippen LogP contribution in [0.15, 0.2) is 72.8 Å². The molecular formula is C29H30FN3O2. The molecule has 0 aliphatic rings. The minimum absolute atomic E-state index is 0.232. The maximum Gasteiger partial charge on any atom is 0.255 e. The largest absolute Gasteiger partial charge is 0.489 e. The van der Waals surface area contributed by atoms with Crippen LogP contribution in [0.5, 0.6) is 5.75 Å². The molecule has 0 aliphatic carbocycles. The van der Waals surface area contributed by atoms with Gasteiger partial charge < -0.3 is 10.1 Å². The molecule has 4 aromatic rings. The smallest absolute Gasteiger partial charge is 0.255 e. The molecule has 6 heteroatoms. The fraction of sp³-hybridized carbons (Fsp3) is 0.241. The summed E-state index contributed by atoms with van der Waals surface area (Å²) in [6.45, 7) is 8.66. The zero-order valence-corrected chi connectivity index (χ0v) is 20.5. The lowest BCUT2D eigenvalue weighted by Gasteiger charge is -2.11. The normalized spacial score (nSPS) is 11.0. The zero-order chi connectivity index (χ0) is 24.9. The molecule has 5 nitrogen and oxygen atoms in total. The number of anilines is 1. The van der Waals surface area contributed by atoms with E-state index in [0.29, 0.717) is 41.6 Å². The summed E-state index contributed by atoms with van der Waals surface area (Å²) < 4.78 is 21.7. The molecule has 1 heterocycles. The van der Waals surface area contributed by atoms with Gasteiger partial charge in [0.05, 0.1) is 23.6 Å². The number of amides is 1. The van der Waals surface area contributed by atoms with E-state index in [1.165, 1.54) is 11.6 Å². The van der Waals surface area contributed by atoms with Gasteiger partial charge >= 0.3 is 0 Å². The van der Waals surface area contributed by atoms with Crippen LogP contribution >= 0.6 is 0 Å². The van der Waals surface area contributed by atoms with Gasteiger partial charge in [0.2, 0.25) is 0 Å². The number of nitrogens with zero attached hydrogens (tertiary/aromatic N) is 2. The van der Waals surface area contributed by atoms with Gasteiger partial charge in [-0.3, -0.25) is 9.48 Å². The Kier molecular flexibility index (Phi) is 7.30. The minimum Gasteiger partial charge on any atom is -0.489 e. The topological polar surface area (TPSA) is 56.2 Å². The van der Waals surface area contributed by atoms with Crippen LogP contribution in [0, 0.1) is 19.7 Å². The van der Waals surface area contributed by atoms with Gasteiger partial charge in [-0.1, -0.05) is 56.3 Å². The molecule has 1 N–H and O–H groups in total. The molecule has 0 bridgehead atoms. The van der Waals surface area contributed by atoms with Crippen molar-refractivity contribution < 1.29 is 13.9 Å². The van der Waals surface area contributed by atoms with Crippen molar-refractivity contribution in [2.75, 3.05) is 5.32 Å². The van der Waals surface area contributed by atoms with Crippen LogP contribution in [0.4, 0.5) is 10.1 Å². The Morgan fingerprint density at radius 3 is 2.49 bits per heavy atom. The molecule has 0 atom stereocenters. The summed E-state index contributed by atoms with van der Waals surface area (Å²) in [5.41, 5.74) is 5.32. The number of aryl methyl sites for hydroxylation is 1. The van der Waals surface area contributed by atoms with Crippen molar-refractivity contribution in [2.45, 2.75) is 46.8 Å².